The second-order valence-electron chi connectivity index (χ2n) is 5.33. The number of hydrogen-bond acceptors (Lipinski definition) is 3. The first kappa shape index (κ1) is 12.6. The number of piperidine rings is 1. The van der Waals surface area contributed by atoms with Crippen molar-refractivity contribution in [2.24, 2.45) is 0 Å². The number of likely N-dealkylation sites (N-methyl/N-ethyl adjacent to an activating group) is 1. The average molecular weight is 258 g/mol. The number of pyridine rings is 1. The molecule has 0 aromatic carbocycles. The first-order valence-electron chi connectivity index (χ1n) is 7.23. The van der Waals surface area contributed by atoms with Crippen molar-refractivity contribution in [2.75, 3.05) is 19.6 Å². The number of nitrogens with zero attached hydrogens (tertiary/aromatic N) is 3. The van der Waals surface area contributed by atoms with Gasteiger partial charge in [0.1, 0.15) is 5.65 Å². The van der Waals surface area contributed by atoms with Crippen LogP contribution in [0.25, 0.3) is 5.65 Å². The van der Waals surface area contributed by atoms with Gasteiger partial charge in [-0.2, -0.15) is 0 Å². The lowest BCUT2D eigenvalue weighted by Gasteiger charge is -2.32. The zero-order valence-corrected chi connectivity index (χ0v) is 11.5. The van der Waals surface area contributed by atoms with Crippen molar-refractivity contribution in [2.45, 2.75) is 32.4 Å². The minimum Gasteiger partial charge on any atom is -0.313 e. The molecule has 19 heavy (non-hydrogen) atoms. The summed E-state index contributed by atoms with van der Waals surface area (Å²) in [6.45, 7) is 6.54. The van der Waals surface area contributed by atoms with Crippen LogP contribution >= 0.6 is 0 Å². The van der Waals surface area contributed by atoms with Crippen LogP contribution in [-0.4, -0.2) is 40.0 Å². The number of likely N-dealkylation sites (tertiary alicyclic amines) is 1. The van der Waals surface area contributed by atoms with Gasteiger partial charge in [0, 0.05) is 31.5 Å². The third-order valence-corrected chi connectivity index (χ3v) is 3.80. The summed E-state index contributed by atoms with van der Waals surface area (Å²) in [7, 11) is 0. The molecule has 1 aliphatic heterocycles. The van der Waals surface area contributed by atoms with Crippen molar-refractivity contribution < 1.29 is 0 Å². The number of aromatic nitrogens is 2. The van der Waals surface area contributed by atoms with Crippen LogP contribution in [0.15, 0.2) is 30.6 Å². The Morgan fingerprint density at radius 1 is 1.42 bits per heavy atom. The highest BCUT2D eigenvalue weighted by atomic mass is 15.2. The fraction of sp³-hybridized carbons (Fsp3) is 0.533. The van der Waals surface area contributed by atoms with E-state index < -0.39 is 0 Å². The minimum absolute atomic E-state index is 0.649. The number of nitrogens with one attached hydrogen (secondary N) is 1. The molecule has 0 bridgehead atoms. The third-order valence-electron chi connectivity index (χ3n) is 3.80. The molecule has 4 nitrogen and oxygen atoms in total. The quantitative estimate of drug-likeness (QED) is 0.909. The Morgan fingerprint density at radius 3 is 3.21 bits per heavy atom. The van der Waals surface area contributed by atoms with Crippen LogP contribution in [-0.2, 0) is 6.54 Å². The monoisotopic (exact) mass is 258 g/mol. The lowest BCUT2D eigenvalue weighted by Crippen LogP contribution is -2.45. The maximum atomic E-state index is 4.68. The number of fused-ring (bicyclic) bond motifs is 1. The summed E-state index contributed by atoms with van der Waals surface area (Å²) in [6.07, 6.45) is 6.79. The van der Waals surface area contributed by atoms with E-state index in [2.05, 4.69) is 45.0 Å². The van der Waals surface area contributed by atoms with Gasteiger partial charge in [-0.25, -0.2) is 4.98 Å². The summed E-state index contributed by atoms with van der Waals surface area (Å²) >= 11 is 0. The normalized spacial score (nSPS) is 21.0. The lowest BCUT2D eigenvalue weighted by atomic mass is 10.1. The van der Waals surface area contributed by atoms with Gasteiger partial charge in [0.2, 0.25) is 0 Å². The molecule has 3 rings (SSSR count). The smallest absolute Gasteiger partial charge is 0.137 e. The highest BCUT2D eigenvalue weighted by Crippen LogP contribution is 2.14. The standard InChI is InChI=1S/C15H22N4/c1-2-16-13-6-5-8-18(10-13)11-14-12-19-9-4-3-7-15(19)17-14/h3-4,7,9,12-13,16H,2,5-6,8,10-11H2,1H3. The van der Waals surface area contributed by atoms with Crippen molar-refractivity contribution in [3.05, 3.63) is 36.3 Å². The summed E-state index contributed by atoms with van der Waals surface area (Å²) in [5, 5.41) is 3.56. The van der Waals surface area contributed by atoms with Crippen LogP contribution in [0.4, 0.5) is 0 Å². The van der Waals surface area contributed by atoms with Crippen LogP contribution in [0.1, 0.15) is 25.5 Å². The van der Waals surface area contributed by atoms with Gasteiger partial charge in [-0.15, -0.1) is 0 Å². The zero-order chi connectivity index (χ0) is 13.1. The minimum atomic E-state index is 0.649. The first-order chi connectivity index (χ1) is 9.35. The van der Waals surface area contributed by atoms with Crippen molar-refractivity contribution in [1.29, 1.82) is 0 Å². The SMILES string of the molecule is CCNC1CCCN(Cc2cn3ccccc3n2)C1. The maximum Gasteiger partial charge on any atom is 0.137 e. The Kier molecular flexibility index (Phi) is 3.80. The molecule has 1 N–H and O–H groups in total. The Morgan fingerprint density at radius 2 is 2.37 bits per heavy atom. The van der Waals surface area contributed by atoms with Gasteiger partial charge in [0.05, 0.1) is 5.69 Å². The Labute approximate surface area is 114 Å². The molecule has 2 aromatic rings. The fourth-order valence-corrected chi connectivity index (χ4v) is 2.95. The van der Waals surface area contributed by atoms with Gasteiger partial charge in [-0.3, -0.25) is 4.90 Å². The molecule has 2 aromatic heterocycles. The van der Waals surface area contributed by atoms with E-state index >= 15 is 0 Å². The van der Waals surface area contributed by atoms with Crippen LogP contribution in [0.3, 0.4) is 0 Å². The highest BCUT2D eigenvalue weighted by molar-refractivity contribution is 5.39. The highest BCUT2D eigenvalue weighted by Gasteiger charge is 2.19. The van der Waals surface area contributed by atoms with Gasteiger partial charge >= 0.3 is 0 Å². The molecular weight excluding hydrogens is 236 g/mol. The second kappa shape index (κ2) is 5.72. The number of rotatable bonds is 4. The van der Waals surface area contributed by atoms with Crippen LogP contribution in [0.5, 0.6) is 0 Å². The third kappa shape index (κ3) is 2.96. The average Bonchev–Trinajstić information content (AvgIpc) is 2.81. The molecule has 1 atom stereocenters. The van der Waals surface area contributed by atoms with Crippen LogP contribution in [0, 0.1) is 0 Å². The fourth-order valence-electron chi connectivity index (χ4n) is 2.95. The second-order valence-corrected chi connectivity index (χ2v) is 5.33. The van der Waals surface area contributed by atoms with Gasteiger partial charge in [0.15, 0.2) is 0 Å². The molecule has 0 amide bonds. The Hall–Kier alpha value is -1.39. The molecule has 0 spiro atoms. The van der Waals surface area contributed by atoms with E-state index in [9.17, 15) is 0 Å². The van der Waals surface area contributed by atoms with E-state index in [0.717, 1.165) is 25.3 Å². The zero-order valence-electron chi connectivity index (χ0n) is 11.5. The molecule has 1 aliphatic rings. The molecule has 1 saturated heterocycles. The molecule has 1 fully saturated rings. The van der Waals surface area contributed by atoms with Crippen molar-refractivity contribution in [1.82, 2.24) is 19.6 Å². The van der Waals surface area contributed by atoms with Crippen LogP contribution in [0.2, 0.25) is 0 Å². The van der Waals surface area contributed by atoms with Gasteiger partial charge in [0.25, 0.3) is 0 Å². The van der Waals surface area contributed by atoms with Gasteiger partial charge in [-0.05, 0) is 38.1 Å². The summed E-state index contributed by atoms with van der Waals surface area (Å²) < 4.78 is 2.10. The molecule has 102 valence electrons. The predicted molar refractivity (Wildman–Crippen MR) is 77.2 cm³/mol. The number of hydrogen-bond donors (Lipinski definition) is 1. The first-order valence-corrected chi connectivity index (χ1v) is 7.23. The molecule has 0 radical (unpaired) electrons. The summed E-state index contributed by atoms with van der Waals surface area (Å²) in [5.74, 6) is 0. The van der Waals surface area contributed by atoms with Gasteiger partial charge < -0.3 is 9.72 Å². The predicted octanol–water partition coefficient (Wildman–Crippen LogP) is 1.91. The van der Waals surface area contributed by atoms with E-state index in [1.165, 1.54) is 25.1 Å². The summed E-state index contributed by atoms with van der Waals surface area (Å²) in [4.78, 5) is 7.19. The van der Waals surface area contributed by atoms with E-state index in [1.54, 1.807) is 0 Å². The van der Waals surface area contributed by atoms with Crippen molar-refractivity contribution in [3.63, 3.8) is 0 Å². The molecule has 0 saturated carbocycles. The molecule has 1 unspecified atom stereocenters. The Bertz CT molecular complexity index is 499. The molecule has 4 heteroatoms. The van der Waals surface area contributed by atoms with E-state index in [1.807, 2.05) is 12.1 Å². The van der Waals surface area contributed by atoms with Crippen LogP contribution < -0.4 is 5.32 Å². The van der Waals surface area contributed by atoms with E-state index in [4.69, 9.17) is 0 Å². The molecular formula is C15H22N4. The van der Waals surface area contributed by atoms with Gasteiger partial charge in [-0.1, -0.05) is 13.0 Å². The largest absolute Gasteiger partial charge is 0.313 e. The van der Waals surface area contributed by atoms with Crippen molar-refractivity contribution in [3.8, 4) is 0 Å². The van der Waals surface area contributed by atoms with Crippen molar-refractivity contribution >= 4 is 5.65 Å². The Balaban J connectivity index is 1.67. The number of imidazole rings is 1. The lowest BCUT2D eigenvalue weighted by molar-refractivity contribution is 0.183. The van der Waals surface area contributed by atoms with E-state index in [0.29, 0.717) is 6.04 Å². The van der Waals surface area contributed by atoms with E-state index in [-0.39, 0.29) is 0 Å². The summed E-state index contributed by atoms with van der Waals surface area (Å²) in [5.41, 5.74) is 2.21. The molecule has 3 heterocycles. The molecule has 0 aliphatic carbocycles. The maximum absolute atomic E-state index is 4.68. The summed E-state index contributed by atoms with van der Waals surface area (Å²) in [6, 6.07) is 6.78. The topological polar surface area (TPSA) is 32.6 Å².